The number of benzene rings is 1. The molecule has 0 bridgehead atoms. The Hall–Kier alpha value is -0.670. The van der Waals surface area contributed by atoms with Gasteiger partial charge in [0.2, 0.25) is 0 Å². The molecular formula is C13H17NOS. The van der Waals surface area contributed by atoms with Gasteiger partial charge in [0.25, 0.3) is 0 Å². The summed E-state index contributed by atoms with van der Waals surface area (Å²) >= 11 is 1.77. The zero-order valence-corrected chi connectivity index (χ0v) is 10.2. The minimum Gasteiger partial charge on any atom is -0.481 e. The van der Waals surface area contributed by atoms with E-state index < -0.39 is 0 Å². The van der Waals surface area contributed by atoms with Crippen molar-refractivity contribution < 1.29 is 4.74 Å². The van der Waals surface area contributed by atoms with Gasteiger partial charge < -0.3 is 10.5 Å². The van der Waals surface area contributed by atoms with Crippen molar-refractivity contribution in [2.24, 2.45) is 5.73 Å². The Labute approximate surface area is 101 Å². The van der Waals surface area contributed by atoms with Crippen molar-refractivity contribution >= 4 is 11.8 Å². The van der Waals surface area contributed by atoms with Gasteiger partial charge in [0.05, 0.1) is 4.90 Å². The lowest BCUT2D eigenvalue weighted by molar-refractivity contribution is 0.392. The van der Waals surface area contributed by atoms with Gasteiger partial charge in [0.1, 0.15) is 11.7 Å². The molecule has 1 fully saturated rings. The summed E-state index contributed by atoms with van der Waals surface area (Å²) in [5.41, 5.74) is 7.61. The van der Waals surface area contributed by atoms with E-state index in [1.54, 1.807) is 11.8 Å². The molecule has 1 aliphatic carbocycles. The molecule has 0 radical (unpaired) electrons. The number of nitrogens with two attached hydrogens (primary N) is 1. The quantitative estimate of drug-likeness (QED) is 0.856. The van der Waals surface area contributed by atoms with E-state index in [0.717, 1.165) is 18.2 Å². The van der Waals surface area contributed by atoms with E-state index >= 15 is 0 Å². The fourth-order valence-electron chi connectivity index (χ4n) is 2.89. The SMILES string of the molecule is NCC1(c2ccc3c(c2)OCS3)CCCC1. The lowest BCUT2D eigenvalue weighted by Crippen LogP contribution is -2.31. The first kappa shape index (κ1) is 10.5. The maximum atomic E-state index is 6.00. The minimum absolute atomic E-state index is 0.228. The Bertz CT molecular complexity index is 399. The second kappa shape index (κ2) is 3.97. The maximum Gasteiger partial charge on any atom is 0.138 e. The van der Waals surface area contributed by atoms with Crippen molar-refractivity contribution in [1.82, 2.24) is 0 Å². The number of ether oxygens (including phenoxy) is 1. The van der Waals surface area contributed by atoms with Crippen LogP contribution in [0, 0.1) is 0 Å². The Balaban J connectivity index is 1.99. The van der Waals surface area contributed by atoms with Crippen molar-refractivity contribution in [3.8, 4) is 5.75 Å². The van der Waals surface area contributed by atoms with E-state index in [4.69, 9.17) is 10.5 Å². The van der Waals surface area contributed by atoms with Gasteiger partial charge >= 0.3 is 0 Å². The number of hydrogen-bond donors (Lipinski definition) is 1. The van der Waals surface area contributed by atoms with E-state index in [-0.39, 0.29) is 5.41 Å². The highest BCUT2D eigenvalue weighted by Crippen LogP contribution is 2.44. The minimum atomic E-state index is 0.228. The van der Waals surface area contributed by atoms with E-state index in [0.29, 0.717) is 0 Å². The summed E-state index contributed by atoms with van der Waals surface area (Å²) in [6, 6.07) is 6.66. The highest BCUT2D eigenvalue weighted by molar-refractivity contribution is 7.99. The molecule has 0 unspecified atom stereocenters. The predicted octanol–water partition coefficient (Wildman–Crippen LogP) is 2.90. The largest absolute Gasteiger partial charge is 0.481 e. The third-order valence-corrected chi connectivity index (χ3v) is 4.82. The standard InChI is InChI=1S/C13H17NOS/c14-8-13(5-1-2-6-13)10-3-4-12-11(7-10)15-9-16-12/h3-4,7H,1-2,5-6,8-9,14H2. The molecule has 3 heteroatoms. The average Bonchev–Trinajstić information content (AvgIpc) is 2.97. The molecule has 1 heterocycles. The van der Waals surface area contributed by atoms with Crippen LogP contribution < -0.4 is 10.5 Å². The summed E-state index contributed by atoms with van der Waals surface area (Å²) in [5.74, 6) is 1.82. The zero-order valence-electron chi connectivity index (χ0n) is 9.37. The lowest BCUT2D eigenvalue weighted by atomic mass is 9.79. The first-order chi connectivity index (χ1) is 7.84. The Morgan fingerprint density at radius 2 is 2.12 bits per heavy atom. The molecule has 0 spiro atoms. The smallest absolute Gasteiger partial charge is 0.138 e. The average molecular weight is 235 g/mol. The molecule has 1 saturated carbocycles. The summed E-state index contributed by atoms with van der Waals surface area (Å²) < 4.78 is 5.61. The fourth-order valence-corrected chi connectivity index (χ4v) is 3.63. The molecule has 0 saturated heterocycles. The monoisotopic (exact) mass is 235 g/mol. The number of rotatable bonds is 2. The highest BCUT2D eigenvalue weighted by Gasteiger charge is 2.35. The molecule has 2 N–H and O–H groups in total. The topological polar surface area (TPSA) is 35.2 Å². The van der Waals surface area contributed by atoms with Crippen LogP contribution in [0.1, 0.15) is 31.2 Å². The fraction of sp³-hybridized carbons (Fsp3) is 0.538. The molecule has 1 aromatic carbocycles. The summed E-state index contributed by atoms with van der Waals surface area (Å²) in [6.07, 6.45) is 5.08. The molecule has 2 aliphatic rings. The van der Waals surface area contributed by atoms with Crippen LogP contribution in [0.3, 0.4) is 0 Å². The lowest BCUT2D eigenvalue weighted by Gasteiger charge is -2.28. The first-order valence-corrected chi connectivity index (χ1v) is 6.93. The molecule has 2 nitrogen and oxygen atoms in total. The Morgan fingerprint density at radius 1 is 1.31 bits per heavy atom. The van der Waals surface area contributed by atoms with Gasteiger partial charge in [-0.2, -0.15) is 0 Å². The third-order valence-electron chi connectivity index (χ3n) is 3.94. The van der Waals surface area contributed by atoms with Gasteiger partial charge in [-0.05, 0) is 30.5 Å². The highest BCUT2D eigenvalue weighted by atomic mass is 32.2. The predicted molar refractivity (Wildman–Crippen MR) is 67.0 cm³/mol. The Morgan fingerprint density at radius 3 is 2.88 bits per heavy atom. The molecule has 1 aliphatic heterocycles. The van der Waals surface area contributed by atoms with Crippen molar-refractivity contribution in [2.45, 2.75) is 36.0 Å². The molecule has 0 atom stereocenters. The summed E-state index contributed by atoms with van der Waals surface area (Å²) in [7, 11) is 0. The number of thioether (sulfide) groups is 1. The van der Waals surface area contributed by atoms with Crippen LogP contribution in [0.2, 0.25) is 0 Å². The van der Waals surface area contributed by atoms with Gasteiger partial charge in [0, 0.05) is 12.0 Å². The van der Waals surface area contributed by atoms with Crippen LogP contribution in [0.5, 0.6) is 5.75 Å². The van der Waals surface area contributed by atoms with E-state index in [1.165, 1.54) is 36.1 Å². The first-order valence-electron chi connectivity index (χ1n) is 5.94. The van der Waals surface area contributed by atoms with Crippen LogP contribution in [-0.2, 0) is 5.41 Å². The molecule has 3 rings (SSSR count). The van der Waals surface area contributed by atoms with Gasteiger partial charge in [-0.25, -0.2) is 0 Å². The van der Waals surface area contributed by atoms with Crippen LogP contribution in [-0.4, -0.2) is 12.5 Å². The summed E-state index contributed by atoms with van der Waals surface area (Å²) in [5, 5.41) is 0. The number of fused-ring (bicyclic) bond motifs is 1. The second-order valence-corrected chi connectivity index (χ2v) is 5.72. The van der Waals surface area contributed by atoms with E-state index in [1.807, 2.05) is 0 Å². The van der Waals surface area contributed by atoms with Crippen LogP contribution >= 0.6 is 11.8 Å². The normalized spacial score (nSPS) is 21.8. The molecule has 16 heavy (non-hydrogen) atoms. The molecule has 86 valence electrons. The number of hydrogen-bond acceptors (Lipinski definition) is 3. The van der Waals surface area contributed by atoms with Crippen molar-refractivity contribution in [3.05, 3.63) is 23.8 Å². The van der Waals surface area contributed by atoms with Gasteiger partial charge in [-0.1, -0.05) is 30.7 Å². The summed E-state index contributed by atoms with van der Waals surface area (Å²) in [4.78, 5) is 1.27. The van der Waals surface area contributed by atoms with E-state index in [2.05, 4.69) is 18.2 Å². The molecule has 0 aromatic heterocycles. The molecule has 0 amide bonds. The van der Waals surface area contributed by atoms with Gasteiger partial charge in [-0.3, -0.25) is 0 Å². The summed E-state index contributed by atoms with van der Waals surface area (Å²) in [6.45, 7) is 0.763. The van der Waals surface area contributed by atoms with Crippen molar-refractivity contribution in [2.75, 3.05) is 12.5 Å². The van der Waals surface area contributed by atoms with Gasteiger partial charge in [-0.15, -0.1) is 0 Å². The zero-order chi connectivity index (χ0) is 11.0. The third kappa shape index (κ3) is 1.54. The van der Waals surface area contributed by atoms with Crippen LogP contribution in [0.25, 0.3) is 0 Å². The molecular weight excluding hydrogens is 218 g/mol. The van der Waals surface area contributed by atoms with Crippen molar-refractivity contribution in [1.29, 1.82) is 0 Å². The molecule has 1 aromatic rings. The van der Waals surface area contributed by atoms with Crippen LogP contribution in [0.4, 0.5) is 0 Å². The van der Waals surface area contributed by atoms with E-state index in [9.17, 15) is 0 Å². The van der Waals surface area contributed by atoms with Gasteiger partial charge in [0.15, 0.2) is 0 Å². The Kier molecular flexibility index (Phi) is 2.60. The maximum absolute atomic E-state index is 6.00. The van der Waals surface area contributed by atoms with Crippen LogP contribution in [0.15, 0.2) is 23.1 Å². The van der Waals surface area contributed by atoms with Crippen molar-refractivity contribution in [3.63, 3.8) is 0 Å². The second-order valence-electron chi connectivity index (χ2n) is 4.76.